The molecule has 0 saturated heterocycles. The maximum atomic E-state index is 4.20. The molecule has 0 aromatic rings. The van der Waals surface area contributed by atoms with Crippen molar-refractivity contribution in [2.24, 2.45) is 0 Å². The summed E-state index contributed by atoms with van der Waals surface area (Å²) in [5.41, 5.74) is 2.98. The van der Waals surface area contributed by atoms with Gasteiger partial charge in [-0.2, -0.15) is 0 Å². The molecule has 0 aromatic heterocycles. The van der Waals surface area contributed by atoms with Gasteiger partial charge in [-0.25, -0.2) is 0 Å². The third kappa shape index (κ3) is 5.20. The topological polar surface area (TPSA) is 0 Å². The van der Waals surface area contributed by atoms with Crippen molar-refractivity contribution in [2.75, 3.05) is 0 Å². The van der Waals surface area contributed by atoms with Crippen LogP contribution in [0.2, 0.25) is 0 Å². The van der Waals surface area contributed by atoms with E-state index in [2.05, 4.69) is 19.6 Å². The van der Waals surface area contributed by atoms with Crippen LogP contribution in [0.5, 0.6) is 0 Å². The van der Waals surface area contributed by atoms with E-state index in [1.165, 1.54) is 69.8 Å². The molecule has 0 spiro atoms. The van der Waals surface area contributed by atoms with Crippen LogP contribution in [0, 0.1) is 0 Å². The molecule has 0 N–H and O–H groups in total. The molecule has 0 aliphatic heterocycles. The Morgan fingerprint density at radius 1 is 1.20 bits per heavy atom. The normalized spacial score (nSPS) is 15.4. The summed E-state index contributed by atoms with van der Waals surface area (Å²) in [7, 11) is 0. The van der Waals surface area contributed by atoms with Crippen LogP contribution < -0.4 is 0 Å². The Kier molecular flexibility index (Phi) is 6.47. The van der Waals surface area contributed by atoms with E-state index in [1.807, 2.05) is 0 Å². The van der Waals surface area contributed by atoms with Crippen molar-refractivity contribution >= 4 is 0 Å². The van der Waals surface area contributed by atoms with E-state index < -0.39 is 0 Å². The Morgan fingerprint density at radius 2 is 1.93 bits per heavy atom. The van der Waals surface area contributed by atoms with Crippen LogP contribution >= 0.6 is 0 Å². The van der Waals surface area contributed by atoms with Crippen LogP contribution in [0.25, 0.3) is 0 Å². The van der Waals surface area contributed by atoms with Gasteiger partial charge in [-0.15, -0.1) is 0 Å². The zero-order chi connectivity index (χ0) is 10.9. The first-order valence-corrected chi connectivity index (χ1v) is 6.71. The third-order valence-electron chi connectivity index (χ3n) is 3.33. The molecule has 0 heterocycles. The highest BCUT2D eigenvalue weighted by Crippen LogP contribution is 2.26. The Bertz CT molecular complexity index is 210. The third-order valence-corrected chi connectivity index (χ3v) is 3.33. The molecular formula is C15H26. The summed E-state index contributed by atoms with van der Waals surface area (Å²) >= 11 is 0. The van der Waals surface area contributed by atoms with E-state index in [1.54, 1.807) is 5.57 Å². The lowest BCUT2D eigenvalue weighted by Crippen LogP contribution is -1.86. The molecule has 1 rings (SSSR count). The standard InChI is InChI=1S/C15H26/c1-3-4-5-6-7-8-11-14(2)15-12-9-10-13-15/h12H,2-11,13H2,1H3. The van der Waals surface area contributed by atoms with Crippen LogP contribution in [0.15, 0.2) is 23.8 Å². The van der Waals surface area contributed by atoms with Gasteiger partial charge in [-0.1, -0.05) is 57.3 Å². The molecule has 0 heteroatoms. The summed E-state index contributed by atoms with van der Waals surface area (Å²) in [6, 6.07) is 0. The summed E-state index contributed by atoms with van der Waals surface area (Å²) in [5.74, 6) is 0. The number of allylic oxidation sites excluding steroid dienone is 3. The van der Waals surface area contributed by atoms with E-state index in [-0.39, 0.29) is 0 Å². The van der Waals surface area contributed by atoms with Crippen molar-refractivity contribution in [3.8, 4) is 0 Å². The molecule has 0 amide bonds. The Balaban J connectivity index is 1.97. The minimum Gasteiger partial charge on any atom is -0.0956 e. The van der Waals surface area contributed by atoms with Gasteiger partial charge in [0.25, 0.3) is 0 Å². The van der Waals surface area contributed by atoms with Crippen molar-refractivity contribution in [1.82, 2.24) is 0 Å². The van der Waals surface area contributed by atoms with Gasteiger partial charge in [-0.05, 0) is 37.7 Å². The molecule has 0 aromatic carbocycles. The summed E-state index contributed by atoms with van der Waals surface area (Å²) < 4.78 is 0. The van der Waals surface area contributed by atoms with Crippen LogP contribution in [0.3, 0.4) is 0 Å². The average molecular weight is 206 g/mol. The monoisotopic (exact) mass is 206 g/mol. The second-order valence-electron chi connectivity index (χ2n) is 4.74. The fourth-order valence-electron chi connectivity index (χ4n) is 2.27. The fourth-order valence-corrected chi connectivity index (χ4v) is 2.27. The SMILES string of the molecule is C=C(CCCCCCCC)C1=CCCC1. The van der Waals surface area contributed by atoms with E-state index in [0.29, 0.717) is 0 Å². The molecule has 0 unspecified atom stereocenters. The minimum absolute atomic E-state index is 1.23. The lowest BCUT2D eigenvalue weighted by atomic mass is 10.00. The summed E-state index contributed by atoms with van der Waals surface area (Å²) in [6.45, 7) is 6.47. The van der Waals surface area contributed by atoms with Crippen molar-refractivity contribution in [2.45, 2.75) is 71.1 Å². The molecule has 0 radical (unpaired) electrons. The van der Waals surface area contributed by atoms with Crippen LogP contribution in [0.1, 0.15) is 71.1 Å². The summed E-state index contributed by atoms with van der Waals surface area (Å²) in [5, 5.41) is 0. The van der Waals surface area contributed by atoms with Gasteiger partial charge in [0.15, 0.2) is 0 Å². The molecule has 0 atom stereocenters. The van der Waals surface area contributed by atoms with Crippen LogP contribution in [-0.2, 0) is 0 Å². The largest absolute Gasteiger partial charge is 0.0956 e. The molecule has 1 aliphatic carbocycles. The Morgan fingerprint density at radius 3 is 2.60 bits per heavy atom. The Hall–Kier alpha value is -0.520. The van der Waals surface area contributed by atoms with Crippen molar-refractivity contribution in [1.29, 1.82) is 0 Å². The highest BCUT2D eigenvalue weighted by molar-refractivity contribution is 5.30. The maximum absolute atomic E-state index is 4.20. The van der Waals surface area contributed by atoms with Crippen molar-refractivity contribution < 1.29 is 0 Å². The molecular weight excluding hydrogens is 180 g/mol. The smallest absolute Gasteiger partial charge is 0.0277 e. The first-order valence-electron chi connectivity index (χ1n) is 6.71. The Labute approximate surface area is 95.5 Å². The van der Waals surface area contributed by atoms with Gasteiger partial charge >= 0.3 is 0 Å². The minimum atomic E-state index is 1.23. The second kappa shape index (κ2) is 7.73. The van der Waals surface area contributed by atoms with Crippen LogP contribution in [0.4, 0.5) is 0 Å². The predicted octanol–water partition coefficient (Wildman–Crippen LogP) is 5.40. The maximum Gasteiger partial charge on any atom is -0.0277 e. The second-order valence-corrected chi connectivity index (χ2v) is 4.74. The van der Waals surface area contributed by atoms with E-state index in [0.717, 1.165) is 0 Å². The van der Waals surface area contributed by atoms with E-state index >= 15 is 0 Å². The summed E-state index contributed by atoms with van der Waals surface area (Å²) in [4.78, 5) is 0. The molecule has 0 fully saturated rings. The van der Waals surface area contributed by atoms with Crippen molar-refractivity contribution in [3.05, 3.63) is 23.8 Å². The average Bonchev–Trinajstić information content (AvgIpc) is 2.76. The van der Waals surface area contributed by atoms with Gasteiger partial charge < -0.3 is 0 Å². The molecule has 0 bridgehead atoms. The number of rotatable bonds is 8. The molecule has 0 saturated carbocycles. The van der Waals surface area contributed by atoms with Gasteiger partial charge in [0.1, 0.15) is 0 Å². The van der Waals surface area contributed by atoms with Gasteiger partial charge in [0.05, 0.1) is 0 Å². The van der Waals surface area contributed by atoms with E-state index in [4.69, 9.17) is 0 Å². The molecule has 86 valence electrons. The van der Waals surface area contributed by atoms with Gasteiger partial charge in [0, 0.05) is 0 Å². The first-order chi connectivity index (χ1) is 7.34. The molecule has 1 aliphatic rings. The molecule has 0 nitrogen and oxygen atoms in total. The first kappa shape index (κ1) is 12.5. The van der Waals surface area contributed by atoms with E-state index in [9.17, 15) is 0 Å². The zero-order valence-corrected chi connectivity index (χ0v) is 10.4. The number of hydrogen-bond acceptors (Lipinski definition) is 0. The lowest BCUT2D eigenvalue weighted by molar-refractivity contribution is 0.607. The quantitative estimate of drug-likeness (QED) is 0.466. The van der Waals surface area contributed by atoms with Gasteiger partial charge in [-0.3, -0.25) is 0 Å². The fraction of sp³-hybridized carbons (Fsp3) is 0.733. The molecule has 15 heavy (non-hydrogen) atoms. The van der Waals surface area contributed by atoms with Crippen LogP contribution in [-0.4, -0.2) is 0 Å². The number of unbranched alkanes of at least 4 members (excludes halogenated alkanes) is 5. The highest BCUT2D eigenvalue weighted by atomic mass is 14.1. The predicted molar refractivity (Wildman–Crippen MR) is 69.1 cm³/mol. The number of hydrogen-bond donors (Lipinski definition) is 0. The van der Waals surface area contributed by atoms with Gasteiger partial charge in [0.2, 0.25) is 0 Å². The van der Waals surface area contributed by atoms with Crippen molar-refractivity contribution in [3.63, 3.8) is 0 Å². The zero-order valence-electron chi connectivity index (χ0n) is 10.4. The summed E-state index contributed by atoms with van der Waals surface area (Å²) in [6.07, 6.45) is 15.9. The lowest BCUT2D eigenvalue weighted by Gasteiger charge is -2.06. The highest BCUT2D eigenvalue weighted by Gasteiger charge is 2.07.